The number of hydrogen-bond acceptors (Lipinski definition) is 3. The molecule has 1 radical (unpaired) electrons. The number of rotatable bonds is 3. The van der Waals surface area contributed by atoms with Crippen LogP contribution in [0.1, 0.15) is 26.7 Å². The smallest absolute Gasteiger partial charge is 0.128 e. The van der Waals surface area contributed by atoms with Gasteiger partial charge in [0.05, 0.1) is 11.9 Å². The second-order valence-electron chi connectivity index (χ2n) is 4.96. The highest BCUT2D eigenvalue weighted by Gasteiger charge is 2.23. The largest absolute Gasteiger partial charge is 0.397 e. The maximum atomic E-state index is 5.63. The van der Waals surface area contributed by atoms with Crippen LogP contribution in [-0.2, 0) is 0 Å². The van der Waals surface area contributed by atoms with Crippen LogP contribution in [0.2, 0.25) is 0 Å². The van der Waals surface area contributed by atoms with Gasteiger partial charge in [-0.2, -0.15) is 0 Å². The molecule has 0 unspecified atom stereocenters. The molecule has 1 aromatic heterocycles. The number of hydrogen-bond donors (Lipinski definition) is 1. The van der Waals surface area contributed by atoms with Crippen molar-refractivity contribution >= 4 is 11.5 Å². The third kappa shape index (κ3) is 2.65. The summed E-state index contributed by atoms with van der Waals surface area (Å²) >= 11 is 0. The first-order chi connectivity index (χ1) is 7.65. The van der Waals surface area contributed by atoms with E-state index in [0.717, 1.165) is 30.5 Å². The van der Waals surface area contributed by atoms with Crippen molar-refractivity contribution in [2.24, 2.45) is 5.92 Å². The molecule has 87 valence electrons. The van der Waals surface area contributed by atoms with E-state index in [-0.39, 0.29) is 0 Å². The SMILES string of the molecule is C[C](C)C[C@H]1CCN(c2ccc(N)cn2)C1. The molecule has 1 atom stereocenters. The lowest BCUT2D eigenvalue weighted by Gasteiger charge is -2.18. The molecule has 0 saturated carbocycles. The summed E-state index contributed by atoms with van der Waals surface area (Å²) in [6.07, 6.45) is 4.25. The minimum atomic E-state index is 0.734. The van der Waals surface area contributed by atoms with Crippen molar-refractivity contribution < 1.29 is 0 Å². The Labute approximate surface area is 97.7 Å². The number of nitrogens with zero attached hydrogens (tertiary/aromatic N) is 2. The van der Waals surface area contributed by atoms with Crippen LogP contribution in [-0.4, -0.2) is 18.1 Å². The molecule has 0 spiro atoms. The Morgan fingerprint density at radius 2 is 2.31 bits per heavy atom. The van der Waals surface area contributed by atoms with E-state index in [2.05, 4.69) is 23.7 Å². The number of nitrogen functional groups attached to an aromatic ring is 1. The van der Waals surface area contributed by atoms with Gasteiger partial charge in [-0.3, -0.25) is 0 Å². The van der Waals surface area contributed by atoms with Gasteiger partial charge in [-0.05, 0) is 36.8 Å². The molecule has 3 nitrogen and oxygen atoms in total. The van der Waals surface area contributed by atoms with Gasteiger partial charge in [-0.25, -0.2) is 4.98 Å². The molecule has 0 bridgehead atoms. The van der Waals surface area contributed by atoms with Gasteiger partial charge in [-0.1, -0.05) is 13.8 Å². The van der Waals surface area contributed by atoms with Crippen molar-refractivity contribution in [2.75, 3.05) is 23.7 Å². The third-order valence-corrected chi connectivity index (χ3v) is 3.08. The van der Waals surface area contributed by atoms with Crippen molar-refractivity contribution in [2.45, 2.75) is 26.7 Å². The van der Waals surface area contributed by atoms with Crippen LogP contribution in [0.25, 0.3) is 0 Å². The standard InChI is InChI=1S/C13H20N3/c1-10(2)7-11-5-6-16(9-11)13-4-3-12(14)8-15-13/h3-4,8,11H,5-7,9,14H2,1-2H3/t11-/m1/s1. The molecule has 1 aromatic rings. The van der Waals surface area contributed by atoms with Crippen LogP contribution in [0, 0.1) is 11.8 Å². The highest BCUT2D eigenvalue weighted by Crippen LogP contribution is 2.27. The van der Waals surface area contributed by atoms with Crippen molar-refractivity contribution in [1.82, 2.24) is 4.98 Å². The second-order valence-corrected chi connectivity index (χ2v) is 4.96. The summed E-state index contributed by atoms with van der Waals surface area (Å²) in [4.78, 5) is 6.72. The summed E-state index contributed by atoms with van der Waals surface area (Å²) in [6, 6.07) is 3.94. The van der Waals surface area contributed by atoms with E-state index < -0.39 is 0 Å². The first kappa shape index (κ1) is 11.2. The average molecular weight is 218 g/mol. The van der Waals surface area contributed by atoms with Gasteiger partial charge in [0.25, 0.3) is 0 Å². The first-order valence-electron chi connectivity index (χ1n) is 5.90. The summed E-state index contributed by atoms with van der Waals surface area (Å²) in [6.45, 7) is 6.67. The summed E-state index contributed by atoms with van der Waals surface area (Å²) in [5.74, 6) is 3.38. The lowest BCUT2D eigenvalue weighted by molar-refractivity contribution is 0.550. The fourth-order valence-electron chi connectivity index (χ4n) is 2.37. The summed E-state index contributed by atoms with van der Waals surface area (Å²) in [7, 11) is 0. The second kappa shape index (κ2) is 4.73. The van der Waals surface area contributed by atoms with Crippen molar-refractivity contribution in [1.29, 1.82) is 0 Å². The zero-order valence-corrected chi connectivity index (χ0v) is 10.1. The molecular weight excluding hydrogens is 198 g/mol. The van der Waals surface area contributed by atoms with Gasteiger partial charge in [0.2, 0.25) is 0 Å². The topological polar surface area (TPSA) is 42.1 Å². The fourth-order valence-corrected chi connectivity index (χ4v) is 2.37. The number of anilines is 2. The lowest BCUT2D eigenvalue weighted by atomic mass is 9.97. The van der Waals surface area contributed by atoms with Crippen LogP contribution in [0.15, 0.2) is 18.3 Å². The zero-order chi connectivity index (χ0) is 11.5. The molecule has 16 heavy (non-hydrogen) atoms. The Morgan fingerprint density at radius 3 is 2.94 bits per heavy atom. The summed E-state index contributed by atoms with van der Waals surface area (Å²) in [5, 5.41) is 0. The van der Waals surface area contributed by atoms with E-state index >= 15 is 0 Å². The Balaban J connectivity index is 1.95. The van der Waals surface area contributed by atoms with Gasteiger partial charge in [-0.15, -0.1) is 0 Å². The van der Waals surface area contributed by atoms with Crippen LogP contribution < -0.4 is 10.6 Å². The van der Waals surface area contributed by atoms with Gasteiger partial charge in [0.1, 0.15) is 5.82 Å². The number of aromatic nitrogens is 1. The van der Waals surface area contributed by atoms with E-state index in [1.807, 2.05) is 12.1 Å². The zero-order valence-electron chi connectivity index (χ0n) is 10.1. The lowest BCUT2D eigenvalue weighted by Crippen LogP contribution is -2.21. The fraction of sp³-hybridized carbons (Fsp3) is 0.538. The molecule has 2 heterocycles. The van der Waals surface area contributed by atoms with Crippen LogP contribution in [0.5, 0.6) is 0 Å². The van der Waals surface area contributed by atoms with Crippen LogP contribution >= 0.6 is 0 Å². The Morgan fingerprint density at radius 1 is 1.50 bits per heavy atom. The van der Waals surface area contributed by atoms with Gasteiger partial charge < -0.3 is 10.6 Å². The maximum absolute atomic E-state index is 5.63. The monoisotopic (exact) mass is 218 g/mol. The van der Waals surface area contributed by atoms with Crippen LogP contribution in [0.3, 0.4) is 0 Å². The van der Waals surface area contributed by atoms with Crippen molar-refractivity contribution in [3.63, 3.8) is 0 Å². The molecular formula is C13H20N3. The highest BCUT2D eigenvalue weighted by molar-refractivity contribution is 5.46. The highest BCUT2D eigenvalue weighted by atomic mass is 15.2. The van der Waals surface area contributed by atoms with Gasteiger partial charge in [0.15, 0.2) is 0 Å². The average Bonchev–Trinajstić information content (AvgIpc) is 2.66. The number of pyridine rings is 1. The third-order valence-electron chi connectivity index (χ3n) is 3.08. The van der Waals surface area contributed by atoms with E-state index in [9.17, 15) is 0 Å². The minimum absolute atomic E-state index is 0.734. The van der Waals surface area contributed by atoms with Gasteiger partial charge in [0, 0.05) is 13.1 Å². The molecule has 1 fully saturated rings. The molecule has 0 aliphatic carbocycles. The van der Waals surface area contributed by atoms with E-state index in [4.69, 9.17) is 5.73 Å². The Bertz CT molecular complexity index is 332. The number of nitrogens with two attached hydrogens (primary N) is 1. The summed E-state index contributed by atoms with van der Waals surface area (Å²) < 4.78 is 0. The Kier molecular flexibility index (Phi) is 3.32. The molecule has 2 N–H and O–H groups in total. The predicted molar refractivity (Wildman–Crippen MR) is 68.2 cm³/mol. The predicted octanol–water partition coefficient (Wildman–Crippen LogP) is 2.49. The van der Waals surface area contributed by atoms with Crippen molar-refractivity contribution in [3.05, 3.63) is 24.2 Å². The van der Waals surface area contributed by atoms with Crippen LogP contribution in [0.4, 0.5) is 11.5 Å². The van der Waals surface area contributed by atoms with E-state index in [1.54, 1.807) is 6.20 Å². The molecule has 3 heteroatoms. The molecule has 0 amide bonds. The normalized spacial score (nSPS) is 20.7. The minimum Gasteiger partial charge on any atom is -0.397 e. The van der Waals surface area contributed by atoms with E-state index in [1.165, 1.54) is 18.8 Å². The molecule has 1 aliphatic rings. The molecule has 1 saturated heterocycles. The molecule has 0 aromatic carbocycles. The van der Waals surface area contributed by atoms with Crippen molar-refractivity contribution in [3.8, 4) is 0 Å². The molecule has 2 rings (SSSR count). The molecule has 1 aliphatic heterocycles. The summed E-state index contributed by atoms with van der Waals surface area (Å²) in [5.41, 5.74) is 6.37. The quantitative estimate of drug-likeness (QED) is 0.847. The van der Waals surface area contributed by atoms with Gasteiger partial charge >= 0.3 is 0 Å². The maximum Gasteiger partial charge on any atom is 0.128 e. The first-order valence-corrected chi connectivity index (χ1v) is 5.90. The van der Waals surface area contributed by atoms with E-state index in [0.29, 0.717) is 0 Å². The Hall–Kier alpha value is -1.25.